The van der Waals surface area contributed by atoms with Crippen molar-refractivity contribution in [3.63, 3.8) is 0 Å². The Labute approximate surface area is 118 Å². The van der Waals surface area contributed by atoms with Crippen molar-refractivity contribution in [2.45, 2.75) is 25.7 Å². The molecule has 0 fully saturated rings. The molecular formula is C15H15NO3S. The van der Waals surface area contributed by atoms with Gasteiger partial charge in [-0.25, -0.2) is 8.42 Å². The second-order valence-corrected chi connectivity index (χ2v) is 6.40. The fourth-order valence-corrected chi connectivity index (χ4v) is 3.88. The Morgan fingerprint density at radius 2 is 1.95 bits per heavy atom. The van der Waals surface area contributed by atoms with E-state index in [1.54, 1.807) is 12.1 Å². The van der Waals surface area contributed by atoms with E-state index in [1.807, 2.05) is 19.9 Å². The summed E-state index contributed by atoms with van der Waals surface area (Å²) in [6.07, 6.45) is 0. The van der Waals surface area contributed by atoms with E-state index in [0.717, 1.165) is 34.5 Å². The molecule has 1 heterocycles. The van der Waals surface area contributed by atoms with Crippen LogP contribution in [0, 0.1) is 6.92 Å². The van der Waals surface area contributed by atoms with Crippen LogP contribution < -0.4 is 0 Å². The van der Waals surface area contributed by atoms with Crippen LogP contribution >= 0.6 is 0 Å². The minimum atomic E-state index is -4.48. The molecule has 0 radical (unpaired) electrons. The van der Waals surface area contributed by atoms with Crippen molar-refractivity contribution in [3.05, 3.63) is 35.4 Å². The van der Waals surface area contributed by atoms with Crippen molar-refractivity contribution >= 4 is 32.3 Å². The lowest BCUT2D eigenvalue weighted by molar-refractivity contribution is -0.432. The molecule has 5 heteroatoms. The molecule has 20 heavy (non-hydrogen) atoms. The van der Waals surface area contributed by atoms with Crippen molar-refractivity contribution in [3.8, 4) is 0 Å². The van der Waals surface area contributed by atoms with Gasteiger partial charge in [-0.15, -0.1) is 0 Å². The first kappa shape index (κ1) is 13.3. The molecule has 1 aliphatic heterocycles. The van der Waals surface area contributed by atoms with Gasteiger partial charge in [0, 0.05) is 17.9 Å². The van der Waals surface area contributed by atoms with Crippen LogP contribution in [0.3, 0.4) is 0 Å². The standard InChI is InChI=1S/C15H15NO3S/c1-4-16-10(3)11-6-5-7-12-13(20(17,18)19)8-9(2)15(16)14(11)12/h5-8H,4H2,1-3H3. The number of aryl methyl sites for hydroxylation is 1. The molecule has 0 unspecified atom stereocenters. The summed E-state index contributed by atoms with van der Waals surface area (Å²) in [6.45, 7) is 6.73. The molecule has 2 aromatic carbocycles. The maximum atomic E-state index is 11.5. The zero-order chi connectivity index (χ0) is 14.7. The van der Waals surface area contributed by atoms with Crippen molar-refractivity contribution in [2.24, 2.45) is 0 Å². The molecule has 0 aromatic heterocycles. The summed E-state index contributed by atoms with van der Waals surface area (Å²) in [5.74, 6) is 0. The molecule has 0 atom stereocenters. The lowest BCUT2D eigenvalue weighted by Gasteiger charge is -2.12. The normalized spacial score (nSPS) is 14.4. The van der Waals surface area contributed by atoms with E-state index in [-0.39, 0.29) is 4.90 Å². The molecule has 2 aromatic rings. The Balaban J connectivity index is 2.57. The topological polar surface area (TPSA) is 60.2 Å². The molecular weight excluding hydrogens is 274 g/mol. The van der Waals surface area contributed by atoms with Crippen LogP contribution in [0.4, 0.5) is 5.69 Å². The van der Waals surface area contributed by atoms with E-state index in [1.165, 1.54) is 6.07 Å². The first-order chi connectivity index (χ1) is 9.36. The van der Waals surface area contributed by atoms with Crippen LogP contribution in [0.5, 0.6) is 0 Å². The predicted octanol–water partition coefficient (Wildman–Crippen LogP) is 2.54. The van der Waals surface area contributed by atoms with E-state index in [9.17, 15) is 13.0 Å². The average Bonchev–Trinajstić information content (AvgIpc) is 2.67. The third kappa shape index (κ3) is 1.63. The smallest absolute Gasteiger partial charge is 0.217 e. The summed E-state index contributed by atoms with van der Waals surface area (Å²) in [7, 11) is -4.48. The fourth-order valence-electron chi connectivity index (χ4n) is 3.12. The predicted molar refractivity (Wildman–Crippen MR) is 76.9 cm³/mol. The van der Waals surface area contributed by atoms with Gasteiger partial charge in [-0.3, -0.25) is 0 Å². The van der Waals surface area contributed by atoms with Crippen LogP contribution in [0.25, 0.3) is 10.8 Å². The number of nitrogens with zero attached hydrogens (tertiary/aromatic N) is 1. The third-order valence-corrected chi connectivity index (χ3v) is 4.81. The lowest BCUT2D eigenvalue weighted by atomic mass is 10.0. The highest BCUT2D eigenvalue weighted by Gasteiger charge is 2.31. The van der Waals surface area contributed by atoms with Gasteiger partial charge in [-0.2, -0.15) is 4.58 Å². The fraction of sp³-hybridized carbons (Fsp3) is 0.267. The Hall–Kier alpha value is -1.72. The van der Waals surface area contributed by atoms with Crippen LogP contribution in [-0.2, 0) is 10.1 Å². The van der Waals surface area contributed by atoms with Gasteiger partial charge in [-0.05, 0) is 26.0 Å². The number of hydrogen-bond acceptors (Lipinski definition) is 3. The molecule has 3 rings (SSSR count). The van der Waals surface area contributed by atoms with Crippen LogP contribution in [0.2, 0.25) is 0 Å². The van der Waals surface area contributed by atoms with Crippen LogP contribution in [0.1, 0.15) is 25.0 Å². The molecule has 0 saturated carbocycles. The van der Waals surface area contributed by atoms with Gasteiger partial charge in [0.15, 0.2) is 5.71 Å². The van der Waals surface area contributed by atoms with Crippen molar-refractivity contribution in [1.29, 1.82) is 0 Å². The molecule has 0 saturated heterocycles. The molecule has 0 amide bonds. The summed E-state index contributed by atoms with van der Waals surface area (Å²) in [4.78, 5) is -0.124. The second kappa shape index (κ2) is 4.14. The van der Waals surface area contributed by atoms with Crippen molar-refractivity contribution < 1.29 is 17.5 Å². The van der Waals surface area contributed by atoms with Gasteiger partial charge in [0.2, 0.25) is 5.69 Å². The maximum absolute atomic E-state index is 11.5. The zero-order valence-electron chi connectivity index (χ0n) is 11.6. The highest BCUT2D eigenvalue weighted by Crippen LogP contribution is 2.40. The molecule has 0 aliphatic carbocycles. The number of hydrogen-bond donors (Lipinski definition) is 0. The molecule has 104 valence electrons. The summed E-state index contributed by atoms with van der Waals surface area (Å²) in [5, 5.41) is 1.40. The Bertz CT molecular complexity index is 880. The van der Waals surface area contributed by atoms with Crippen LogP contribution in [0.15, 0.2) is 29.2 Å². The molecule has 0 bridgehead atoms. The quantitative estimate of drug-likeness (QED) is 0.630. The Kier molecular flexibility index (Phi) is 2.74. The van der Waals surface area contributed by atoms with E-state index >= 15 is 0 Å². The molecule has 1 aliphatic rings. The van der Waals surface area contributed by atoms with E-state index in [4.69, 9.17) is 0 Å². The highest BCUT2D eigenvalue weighted by molar-refractivity contribution is 7.86. The van der Waals surface area contributed by atoms with Gasteiger partial charge in [0.05, 0.1) is 15.8 Å². The summed E-state index contributed by atoms with van der Waals surface area (Å²) >= 11 is 0. The summed E-state index contributed by atoms with van der Waals surface area (Å²) in [6, 6.07) is 6.97. The largest absolute Gasteiger partial charge is 0.744 e. The number of rotatable bonds is 2. The van der Waals surface area contributed by atoms with Gasteiger partial charge in [0.25, 0.3) is 0 Å². The average molecular weight is 289 g/mol. The zero-order valence-corrected chi connectivity index (χ0v) is 12.4. The highest BCUT2D eigenvalue weighted by atomic mass is 32.2. The lowest BCUT2D eigenvalue weighted by Crippen LogP contribution is -2.10. The number of benzene rings is 2. The Morgan fingerprint density at radius 3 is 2.55 bits per heavy atom. The molecule has 0 N–H and O–H groups in total. The monoisotopic (exact) mass is 289 g/mol. The van der Waals surface area contributed by atoms with Crippen molar-refractivity contribution in [1.82, 2.24) is 0 Å². The maximum Gasteiger partial charge on any atom is 0.217 e. The first-order valence-electron chi connectivity index (χ1n) is 6.50. The summed E-state index contributed by atoms with van der Waals surface area (Å²) in [5.41, 5.74) is 3.94. The third-order valence-electron chi connectivity index (χ3n) is 3.94. The SMILES string of the molecule is CC[N+]1=C(C)c2cccc3c(S(=O)(=O)[O-])cc(C)c1c23. The minimum absolute atomic E-state index is 0.124. The van der Waals surface area contributed by atoms with Crippen LogP contribution in [-0.4, -0.2) is 29.8 Å². The molecule has 4 nitrogen and oxygen atoms in total. The van der Waals surface area contributed by atoms with Gasteiger partial charge >= 0.3 is 0 Å². The molecule has 0 spiro atoms. The van der Waals surface area contributed by atoms with E-state index < -0.39 is 10.1 Å². The van der Waals surface area contributed by atoms with E-state index in [2.05, 4.69) is 11.5 Å². The minimum Gasteiger partial charge on any atom is -0.744 e. The van der Waals surface area contributed by atoms with Gasteiger partial charge in [-0.1, -0.05) is 12.1 Å². The van der Waals surface area contributed by atoms with E-state index in [0.29, 0.717) is 5.39 Å². The Morgan fingerprint density at radius 1 is 1.25 bits per heavy atom. The van der Waals surface area contributed by atoms with Crippen molar-refractivity contribution in [2.75, 3.05) is 6.54 Å². The second-order valence-electron chi connectivity index (χ2n) is 5.05. The van der Waals surface area contributed by atoms with Gasteiger partial charge < -0.3 is 4.55 Å². The van der Waals surface area contributed by atoms with Gasteiger partial charge in [0.1, 0.15) is 16.7 Å². The first-order valence-corrected chi connectivity index (χ1v) is 7.90. The summed E-state index contributed by atoms with van der Waals surface area (Å²) < 4.78 is 36.7.